The number of hydrogen-bond donors (Lipinski definition) is 2. The zero-order chi connectivity index (χ0) is 29.3. The lowest BCUT2D eigenvalue weighted by molar-refractivity contribution is -0.274. The third-order valence-electron chi connectivity index (χ3n) is 9.57. The number of likely N-dealkylation sites (tertiary alicyclic amines) is 1. The van der Waals surface area contributed by atoms with Crippen molar-refractivity contribution in [3.8, 4) is 17.2 Å². The average molecular weight is 571 g/mol. The van der Waals surface area contributed by atoms with Crippen LogP contribution in [-0.4, -0.2) is 76.2 Å². The highest BCUT2D eigenvalue weighted by atomic mass is 19.4. The molecule has 2 aromatic carbocycles. The molecule has 218 valence electrons. The van der Waals surface area contributed by atoms with Crippen LogP contribution in [0.5, 0.6) is 17.2 Å². The molecule has 2 aromatic rings. The van der Waals surface area contributed by atoms with Crippen LogP contribution in [0.25, 0.3) is 6.08 Å². The van der Waals surface area contributed by atoms with Crippen molar-refractivity contribution in [3.05, 3.63) is 71.8 Å². The SMILES string of the molecule is C=CCN1CC[C@]23c4c5ccc(O)c4OC2C(N(C)C(=O)/C=C/c2cccc(OC(F)(F)F)c2)C(C)C[C@@]3(O)[C@H]1C5. The Labute approximate surface area is 236 Å². The highest BCUT2D eigenvalue weighted by Gasteiger charge is 2.74. The summed E-state index contributed by atoms with van der Waals surface area (Å²) in [5.74, 6) is -0.483. The van der Waals surface area contributed by atoms with Gasteiger partial charge in [0, 0.05) is 31.3 Å². The molecular weight excluding hydrogens is 537 g/mol. The minimum Gasteiger partial charge on any atom is -0.504 e. The second-order valence-electron chi connectivity index (χ2n) is 11.7. The first kappa shape index (κ1) is 27.7. The van der Waals surface area contributed by atoms with E-state index in [0.717, 1.165) is 11.1 Å². The van der Waals surface area contributed by atoms with Gasteiger partial charge in [0.1, 0.15) is 11.9 Å². The van der Waals surface area contributed by atoms with Gasteiger partial charge >= 0.3 is 6.36 Å². The van der Waals surface area contributed by atoms with Crippen molar-refractivity contribution in [2.24, 2.45) is 5.92 Å². The van der Waals surface area contributed by atoms with E-state index >= 15 is 0 Å². The molecule has 2 aliphatic carbocycles. The monoisotopic (exact) mass is 570 g/mol. The first-order valence-electron chi connectivity index (χ1n) is 13.8. The summed E-state index contributed by atoms with van der Waals surface area (Å²) in [5.41, 5.74) is 0.318. The van der Waals surface area contributed by atoms with Crippen molar-refractivity contribution in [2.75, 3.05) is 20.1 Å². The van der Waals surface area contributed by atoms with E-state index < -0.39 is 29.5 Å². The van der Waals surface area contributed by atoms with Crippen LogP contribution < -0.4 is 9.47 Å². The number of nitrogens with zero attached hydrogens (tertiary/aromatic N) is 2. The quantitative estimate of drug-likeness (QED) is 0.396. The Morgan fingerprint density at radius 3 is 2.83 bits per heavy atom. The lowest BCUT2D eigenvalue weighted by atomic mass is 9.46. The third-order valence-corrected chi connectivity index (χ3v) is 9.57. The fourth-order valence-corrected chi connectivity index (χ4v) is 8.09. The Bertz CT molecular complexity index is 1430. The molecule has 2 bridgehead atoms. The Balaban J connectivity index is 1.34. The van der Waals surface area contributed by atoms with Crippen molar-refractivity contribution in [2.45, 2.75) is 61.8 Å². The van der Waals surface area contributed by atoms with Crippen LogP contribution in [-0.2, 0) is 16.6 Å². The number of benzene rings is 2. The number of alkyl halides is 3. The van der Waals surface area contributed by atoms with Gasteiger partial charge < -0.3 is 24.6 Å². The first-order valence-corrected chi connectivity index (χ1v) is 13.8. The highest BCUT2D eigenvalue weighted by Crippen LogP contribution is 2.66. The van der Waals surface area contributed by atoms with Gasteiger partial charge in [0.05, 0.1) is 17.1 Å². The molecule has 6 atom stereocenters. The summed E-state index contributed by atoms with van der Waals surface area (Å²) in [6.07, 6.45) is 0.846. The predicted octanol–water partition coefficient (Wildman–Crippen LogP) is 4.42. The number of amides is 1. The molecule has 41 heavy (non-hydrogen) atoms. The molecular formula is C31H33F3N2O5. The maximum atomic E-state index is 13.5. The van der Waals surface area contributed by atoms with Crippen LogP contribution in [0.1, 0.15) is 36.5 Å². The van der Waals surface area contributed by atoms with E-state index in [4.69, 9.17) is 4.74 Å². The van der Waals surface area contributed by atoms with Crippen LogP contribution in [0.15, 0.2) is 55.1 Å². The predicted molar refractivity (Wildman–Crippen MR) is 146 cm³/mol. The van der Waals surface area contributed by atoms with Gasteiger partial charge in [-0.2, -0.15) is 0 Å². The van der Waals surface area contributed by atoms with E-state index in [1.54, 1.807) is 24.1 Å². The lowest BCUT2D eigenvalue weighted by Gasteiger charge is -2.65. The number of piperidine rings is 1. The van der Waals surface area contributed by atoms with Crippen LogP contribution >= 0.6 is 0 Å². The number of hydrogen-bond acceptors (Lipinski definition) is 6. The van der Waals surface area contributed by atoms with Crippen molar-refractivity contribution in [1.29, 1.82) is 0 Å². The summed E-state index contributed by atoms with van der Waals surface area (Å²) in [5, 5.41) is 23.4. The summed E-state index contributed by atoms with van der Waals surface area (Å²) in [7, 11) is 1.68. The molecule has 1 saturated heterocycles. The molecule has 7 nitrogen and oxygen atoms in total. The second kappa shape index (κ2) is 9.52. The van der Waals surface area contributed by atoms with E-state index in [9.17, 15) is 28.2 Å². The minimum atomic E-state index is -4.82. The lowest BCUT2D eigenvalue weighted by Crippen LogP contribution is -2.79. The van der Waals surface area contributed by atoms with Crippen LogP contribution in [0, 0.1) is 5.92 Å². The van der Waals surface area contributed by atoms with E-state index in [1.165, 1.54) is 30.4 Å². The number of phenols is 1. The number of aliphatic hydroxyl groups is 1. The fourth-order valence-electron chi connectivity index (χ4n) is 8.09. The fraction of sp³-hybridized carbons (Fsp3) is 0.452. The molecule has 4 aliphatic rings. The molecule has 2 N–H and O–H groups in total. The van der Waals surface area contributed by atoms with E-state index in [2.05, 4.69) is 16.2 Å². The molecule has 1 spiro atoms. The molecule has 10 heteroatoms. The number of likely N-dealkylation sites (N-methyl/N-ethyl adjacent to an activating group) is 1. The molecule has 6 rings (SSSR count). The van der Waals surface area contributed by atoms with Crippen LogP contribution in [0.2, 0.25) is 0 Å². The first-order chi connectivity index (χ1) is 19.4. The summed E-state index contributed by atoms with van der Waals surface area (Å²) < 4.78 is 48.5. The molecule has 0 radical (unpaired) electrons. The van der Waals surface area contributed by atoms with Gasteiger partial charge in [-0.05, 0) is 67.1 Å². The topological polar surface area (TPSA) is 82.5 Å². The molecule has 2 aliphatic heterocycles. The normalized spacial score (nSPS) is 31.9. The van der Waals surface area contributed by atoms with Gasteiger partial charge in [0.25, 0.3) is 0 Å². The van der Waals surface area contributed by atoms with E-state index in [1.807, 2.05) is 19.1 Å². The van der Waals surface area contributed by atoms with Crippen LogP contribution in [0.3, 0.4) is 0 Å². The third kappa shape index (κ3) is 4.14. The number of halogens is 3. The molecule has 2 fully saturated rings. The minimum absolute atomic E-state index is 0.0167. The second-order valence-corrected chi connectivity index (χ2v) is 11.7. The molecule has 1 amide bonds. The van der Waals surface area contributed by atoms with Crippen molar-refractivity contribution in [3.63, 3.8) is 0 Å². The van der Waals surface area contributed by atoms with E-state index in [0.29, 0.717) is 43.7 Å². The maximum absolute atomic E-state index is 13.5. The number of ether oxygens (including phenoxy) is 2. The summed E-state index contributed by atoms with van der Waals surface area (Å²) in [6.45, 7) is 7.26. The van der Waals surface area contributed by atoms with Crippen molar-refractivity contribution in [1.82, 2.24) is 9.80 Å². The Morgan fingerprint density at radius 1 is 1.32 bits per heavy atom. The number of phenolic OH excluding ortho intramolecular Hbond substituents is 1. The number of carbonyl (C=O) groups is 1. The van der Waals surface area contributed by atoms with Gasteiger partial charge in [-0.15, -0.1) is 19.8 Å². The van der Waals surface area contributed by atoms with Gasteiger partial charge in [-0.3, -0.25) is 9.69 Å². The summed E-state index contributed by atoms with van der Waals surface area (Å²) >= 11 is 0. The van der Waals surface area contributed by atoms with Gasteiger partial charge in [-0.1, -0.05) is 31.2 Å². The standard InChI is InChI=1S/C31H33F3N2O5/c1-4-13-36-14-12-29-25-20-9-10-22(37)27(25)40-28(29)26(18(2)17-30(29,39)23(36)16-20)35(3)24(38)11-8-19-6-5-7-21(15-19)41-31(32,33)34/h4-11,15,18,23,26,28,37,39H,1,12-14,16-17H2,2-3H3/b11-8+/t18?,23-,26?,28?,29+,30-/m1/s1. The smallest absolute Gasteiger partial charge is 0.504 e. The Kier molecular flexibility index (Phi) is 6.42. The highest BCUT2D eigenvalue weighted by molar-refractivity contribution is 5.92. The number of rotatable bonds is 6. The van der Waals surface area contributed by atoms with Gasteiger partial charge in [-0.25, -0.2) is 0 Å². The maximum Gasteiger partial charge on any atom is 0.573 e. The zero-order valence-electron chi connectivity index (χ0n) is 22.9. The zero-order valence-corrected chi connectivity index (χ0v) is 22.9. The van der Waals surface area contributed by atoms with E-state index in [-0.39, 0.29) is 29.4 Å². The van der Waals surface area contributed by atoms with Crippen LogP contribution in [0.4, 0.5) is 13.2 Å². The largest absolute Gasteiger partial charge is 0.573 e. The Hall–Kier alpha value is -3.50. The number of carbonyl (C=O) groups excluding carboxylic acids is 1. The summed E-state index contributed by atoms with van der Waals surface area (Å²) in [6, 6.07) is 8.34. The molecule has 1 saturated carbocycles. The van der Waals surface area contributed by atoms with Crippen molar-refractivity contribution >= 4 is 12.0 Å². The summed E-state index contributed by atoms with van der Waals surface area (Å²) in [4.78, 5) is 17.4. The molecule has 0 aromatic heterocycles. The average Bonchev–Trinajstić information content (AvgIpc) is 3.24. The molecule has 3 unspecified atom stereocenters. The molecule has 2 heterocycles. The van der Waals surface area contributed by atoms with Gasteiger partial charge in [0.2, 0.25) is 5.91 Å². The van der Waals surface area contributed by atoms with Gasteiger partial charge in [0.15, 0.2) is 11.5 Å². The number of aromatic hydroxyl groups is 1. The van der Waals surface area contributed by atoms with Crippen molar-refractivity contribution < 1.29 is 37.7 Å². The Morgan fingerprint density at radius 2 is 2.10 bits per heavy atom.